The lowest BCUT2D eigenvalue weighted by molar-refractivity contribution is 0.491. The molecular weight excluding hydrogens is 534 g/mol. The molecule has 1 aliphatic rings. The van der Waals surface area contributed by atoms with Crippen molar-refractivity contribution in [3.05, 3.63) is 164 Å². The first-order chi connectivity index (χ1) is 21.8. The van der Waals surface area contributed by atoms with Crippen LogP contribution in [0, 0.1) is 0 Å². The van der Waals surface area contributed by atoms with E-state index >= 15 is 0 Å². The lowest BCUT2D eigenvalue weighted by Crippen LogP contribution is -1.97. The number of fused-ring (bicyclic) bond motifs is 9. The SMILES string of the molecule is c1ccc(-c2cccc(-c3ccc(-n4c5ccccc5c5ccc6c(c54)Oc4ccccc4-c4ccccc4-6)cc3)c2)cc1. The molecule has 0 amide bonds. The van der Waals surface area contributed by atoms with Crippen molar-refractivity contribution in [2.24, 2.45) is 0 Å². The van der Waals surface area contributed by atoms with Gasteiger partial charge in [-0.25, -0.2) is 0 Å². The van der Waals surface area contributed by atoms with E-state index in [0.717, 1.165) is 39.3 Å². The Hall–Kier alpha value is -5.86. The lowest BCUT2D eigenvalue weighted by atomic mass is 9.94. The maximum Gasteiger partial charge on any atom is 0.159 e. The van der Waals surface area contributed by atoms with Gasteiger partial charge in [-0.3, -0.25) is 0 Å². The molecule has 206 valence electrons. The van der Waals surface area contributed by atoms with Crippen LogP contribution in [0.3, 0.4) is 0 Å². The predicted octanol–water partition coefficient (Wildman–Crippen LogP) is 11.6. The molecule has 9 rings (SSSR count). The van der Waals surface area contributed by atoms with E-state index in [1.54, 1.807) is 0 Å². The predicted molar refractivity (Wildman–Crippen MR) is 183 cm³/mol. The maximum absolute atomic E-state index is 6.92. The van der Waals surface area contributed by atoms with Gasteiger partial charge in [-0.2, -0.15) is 0 Å². The minimum Gasteiger partial charge on any atom is -0.454 e. The van der Waals surface area contributed by atoms with E-state index in [1.165, 1.54) is 44.2 Å². The Morgan fingerprint density at radius 1 is 0.386 bits per heavy atom. The molecular formula is C42H27NO. The molecule has 0 saturated heterocycles. The highest BCUT2D eigenvalue weighted by atomic mass is 16.5. The fourth-order valence-electron chi connectivity index (χ4n) is 6.76. The summed E-state index contributed by atoms with van der Waals surface area (Å²) >= 11 is 0. The third-order valence-electron chi connectivity index (χ3n) is 8.83. The minimum atomic E-state index is 0.872. The Labute approximate surface area is 256 Å². The second-order valence-corrected chi connectivity index (χ2v) is 11.3. The molecule has 0 aliphatic carbocycles. The van der Waals surface area contributed by atoms with Crippen molar-refractivity contribution in [3.8, 4) is 61.7 Å². The van der Waals surface area contributed by atoms with Gasteiger partial charge in [0.25, 0.3) is 0 Å². The van der Waals surface area contributed by atoms with Crippen molar-refractivity contribution in [2.75, 3.05) is 0 Å². The summed E-state index contributed by atoms with van der Waals surface area (Å²) in [5, 5.41) is 2.38. The monoisotopic (exact) mass is 561 g/mol. The van der Waals surface area contributed by atoms with Crippen molar-refractivity contribution in [2.45, 2.75) is 0 Å². The molecule has 2 nitrogen and oxygen atoms in total. The molecule has 0 fully saturated rings. The van der Waals surface area contributed by atoms with E-state index < -0.39 is 0 Å². The zero-order chi connectivity index (χ0) is 29.0. The van der Waals surface area contributed by atoms with Crippen LogP contribution in [0.4, 0.5) is 0 Å². The van der Waals surface area contributed by atoms with Crippen LogP contribution < -0.4 is 4.74 Å². The van der Waals surface area contributed by atoms with Crippen LogP contribution in [-0.4, -0.2) is 4.57 Å². The highest BCUT2D eigenvalue weighted by Crippen LogP contribution is 2.51. The topological polar surface area (TPSA) is 14.2 Å². The summed E-state index contributed by atoms with van der Waals surface area (Å²) in [6.07, 6.45) is 0. The molecule has 7 aromatic carbocycles. The summed E-state index contributed by atoms with van der Waals surface area (Å²) in [6, 6.07) is 58.3. The van der Waals surface area contributed by atoms with E-state index in [2.05, 4.69) is 162 Å². The molecule has 0 radical (unpaired) electrons. The summed E-state index contributed by atoms with van der Waals surface area (Å²) in [4.78, 5) is 0. The van der Waals surface area contributed by atoms with E-state index in [1.807, 2.05) is 6.07 Å². The Kier molecular flexibility index (Phi) is 5.54. The number of aromatic nitrogens is 1. The third-order valence-corrected chi connectivity index (χ3v) is 8.83. The van der Waals surface area contributed by atoms with Gasteiger partial charge in [0.1, 0.15) is 5.75 Å². The number of hydrogen-bond acceptors (Lipinski definition) is 1. The molecule has 0 unspecified atom stereocenters. The summed E-state index contributed by atoms with van der Waals surface area (Å²) in [7, 11) is 0. The third kappa shape index (κ3) is 3.82. The Morgan fingerprint density at radius 2 is 1.00 bits per heavy atom. The number of rotatable bonds is 3. The quantitative estimate of drug-likeness (QED) is 0.209. The molecule has 2 heterocycles. The zero-order valence-electron chi connectivity index (χ0n) is 23.9. The molecule has 8 aromatic rings. The Morgan fingerprint density at radius 3 is 1.80 bits per heavy atom. The van der Waals surface area contributed by atoms with Gasteiger partial charge < -0.3 is 9.30 Å². The normalized spacial score (nSPS) is 11.8. The second kappa shape index (κ2) is 9.86. The molecule has 0 N–H and O–H groups in total. The molecule has 1 aromatic heterocycles. The molecule has 44 heavy (non-hydrogen) atoms. The Bertz CT molecular complexity index is 2350. The molecule has 1 aliphatic heterocycles. The van der Waals surface area contributed by atoms with Crippen molar-refractivity contribution < 1.29 is 4.74 Å². The molecule has 0 bridgehead atoms. The van der Waals surface area contributed by atoms with Gasteiger partial charge >= 0.3 is 0 Å². The van der Waals surface area contributed by atoms with Crippen LogP contribution in [0.15, 0.2) is 164 Å². The summed E-state index contributed by atoms with van der Waals surface area (Å²) < 4.78 is 9.28. The zero-order valence-corrected chi connectivity index (χ0v) is 23.9. The van der Waals surface area contributed by atoms with Gasteiger partial charge in [0.2, 0.25) is 0 Å². The van der Waals surface area contributed by atoms with Crippen LogP contribution in [0.5, 0.6) is 11.5 Å². The van der Waals surface area contributed by atoms with Crippen LogP contribution in [0.25, 0.3) is 72.0 Å². The van der Waals surface area contributed by atoms with Crippen molar-refractivity contribution in [3.63, 3.8) is 0 Å². The summed E-state index contributed by atoms with van der Waals surface area (Å²) in [5.74, 6) is 1.76. The van der Waals surface area contributed by atoms with Crippen molar-refractivity contribution >= 4 is 21.8 Å². The van der Waals surface area contributed by atoms with Gasteiger partial charge in [0, 0.05) is 27.6 Å². The number of benzene rings is 7. The largest absolute Gasteiger partial charge is 0.454 e. The minimum absolute atomic E-state index is 0.872. The summed E-state index contributed by atoms with van der Waals surface area (Å²) in [5.41, 5.74) is 12.7. The lowest BCUT2D eigenvalue weighted by Gasteiger charge is -2.15. The smallest absolute Gasteiger partial charge is 0.159 e. The van der Waals surface area contributed by atoms with Gasteiger partial charge in [0.15, 0.2) is 5.75 Å². The van der Waals surface area contributed by atoms with Gasteiger partial charge in [-0.1, -0.05) is 127 Å². The highest BCUT2D eigenvalue weighted by Gasteiger charge is 2.25. The van der Waals surface area contributed by atoms with E-state index in [0.29, 0.717) is 0 Å². The number of para-hydroxylation sites is 2. The average Bonchev–Trinajstić information content (AvgIpc) is 3.36. The van der Waals surface area contributed by atoms with Gasteiger partial charge in [0.05, 0.1) is 11.0 Å². The first kappa shape index (κ1) is 24.7. The molecule has 2 heteroatoms. The first-order valence-electron chi connectivity index (χ1n) is 15.0. The molecule has 0 spiro atoms. The second-order valence-electron chi connectivity index (χ2n) is 11.3. The van der Waals surface area contributed by atoms with Crippen molar-refractivity contribution in [1.29, 1.82) is 0 Å². The molecule has 0 saturated carbocycles. The highest BCUT2D eigenvalue weighted by molar-refractivity contribution is 6.14. The summed E-state index contributed by atoms with van der Waals surface area (Å²) in [6.45, 7) is 0. The number of ether oxygens (including phenoxy) is 1. The van der Waals surface area contributed by atoms with Crippen LogP contribution in [0.2, 0.25) is 0 Å². The average molecular weight is 562 g/mol. The number of hydrogen-bond donors (Lipinski definition) is 0. The fourth-order valence-corrected chi connectivity index (χ4v) is 6.76. The van der Waals surface area contributed by atoms with E-state index in [9.17, 15) is 0 Å². The van der Waals surface area contributed by atoms with Crippen LogP contribution in [0.1, 0.15) is 0 Å². The van der Waals surface area contributed by atoms with Gasteiger partial charge in [-0.15, -0.1) is 0 Å². The molecule has 0 atom stereocenters. The van der Waals surface area contributed by atoms with E-state index in [4.69, 9.17) is 4.74 Å². The van der Waals surface area contributed by atoms with E-state index in [-0.39, 0.29) is 0 Å². The van der Waals surface area contributed by atoms with Crippen LogP contribution in [-0.2, 0) is 0 Å². The Balaban J connectivity index is 1.25. The first-order valence-corrected chi connectivity index (χ1v) is 15.0. The standard InChI is InChI=1S/C42H27NO/c1-2-11-28(12-3-1)30-13-10-14-31(27-30)29-21-23-32(24-22-29)43-39-19-8-6-17-35(39)37-25-26-38-34-16-5-4-15-33(34)36-18-7-9-20-40(36)44-42(38)41(37)43/h1-27H. The fraction of sp³-hybridized carbons (Fsp3) is 0. The van der Waals surface area contributed by atoms with Gasteiger partial charge in [-0.05, 0) is 69.8 Å². The van der Waals surface area contributed by atoms with Crippen LogP contribution >= 0.6 is 0 Å². The van der Waals surface area contributed by atoms with Crippen molar-refractivity contribution in [1.82, 2.24) is 4.57 Å². The number of nitrogens with zero attached hydrogens (tertiary/aromatic N) is 1. The maximum atomic E-state index is 6.92.